The van der Waals surface area contributed by atoms with Crippen molar-refractivity contribution < 1.29 is 13.2 Å². The third-order valence-corrected chi connectivity index (χ3v) is 2.63. The van der Waals surface area contributed by atoms with Crippen LogP contribution in [0.1, 0.15) is 5.69 Å². The molecule has 0 amide bonds. The van der Waals surface area contributed by atoms with Gasteiger partial charge in [-0.25, -0.2) is 10.8 Å². The number of thiazole rings is 1. The van der Waals surface area contributed by atoms with Gasteiger partial charge in [-0.2, -0.15) is 13.2 Å². The van der Waals surface area contributed by atoms with E-state index >= 15 is 0 Å². The van der Waals surface area contributed by atoms with Crippen molar-refractivity contribution in [1.29, 1.82) is 0 Å². The summed E-state index contributed by atoms with van der Waals surface area (Å²) < 4.78 is 37.4. The van der Waals surface area contributed by atoms with Gasteiger partial charge in [0.15, 0.2) is 5.13 Å². The fraction of sp³-hybridized carbons (Fsp3) is 0.143. The van der Waals surface area contributed by atoms with Crippen LogP contribution >= 0.6 is 11.3 Å². The zero-order valence-corrected chi connectivity index (χ0v) is 7.99. The molecule has 0 unspecified atom stereocenters. The summed E-state index contributed by atoms with van der Waals surface area (Å²) in [5, 5.41) is 0.353. The Morgan fingerprint density at radius 3 is 2.73 bits per heavy atom. The van der Waals surface area contributed by atoms with E-state index in [4.69, 9.17) is 5.84 Å². The first-order chi connectivity index (χ1) is 7.00. The molecule has 0 aromatic carbocycles. The lowest BCUT2D eigenvalue weighted by atomic mass is 10.3. The molecule has 8 heteroatoms. The first-order valence-electron chi connectivity index (χ1n) is 3.81. The van der Waals surface area contributed by atoms with Crippen LogP contribution < -0.4 is 11.3 Å². The van der Waals surface area contributed by atoms with Crippen molar-refractivity contribution in [1.82, 2.24) is 9.97 Å². The molecule has 0 atom stereocenters. The zero-order chi connectivity index (χ0) is 11.1. The van der Waals surface area contributed by atoms with Crippen LogP contribution in [0.25, 0.3) is 10.2 Å². The first-order valence-corrected chi connectivity index (χ1v) is 4.63. The van der Waals surface area contributed by atoms with E-state index in [0.29, 0.717) is 9.83 Å². The van der Waals surface area contributed by atoms with Crippen LogP contribution in [0.3, 0.4) is 0 Å². The molecule has 3 N–H and O–H groups in total. The molecule has 15 heavy (non-hydrogen) atoms. The molecule has 2 heterocycles. The van der Waals surface area contributed by atoms with E-state index in [0.717, 1.165) is 23.6 Å². The quantitative estimate of drug-likeness (QED) is 0.585. The van der Waals surface area contributed by atoms with Crippen molar-refractivity contribution in [3.05, 3.63) is 18.0 Å². The third kappa shape index (κ3) is 1.85. The zero-order valence-electron chi connectivity index (χ0n) is 7.17. The number of hydrazine groups is 1. The van der Waals surface area contributed by atoms with Gasteiger partial charge in [-0.3, -0.25) is 10.4 Å². The number of alkyl halides is 3. The average Bonchev–Trinajstić information content (AvgIpc) is 2.57. The van der Waals surface area contributed by atoms with Crippen LogP contribution in [0.15, 0.2) is 12.3 Å². The van der Waals surface area contributed by atoms with Crippen LogP contribution in [0, 0.1) is 0 Å². The third-order valence-electron chi connectivity index (χ3n) is 1.69. The molecule has 0 aliphatic carbocycles. The van der Waals surface area contributed by atoms with Gasteiger partial charge in [-0.1, -0.05) is 11.3 Å². The predicted molar refractivity (Wildman–Crippen MR) is 50.2 cm³/mol. The topological polar surface area (TPSA) is 63.8 Å². The molecule has 80 valence electrons. The lowest BCUT2D eigenvalue weighted by molar-refractivity contribution is -0.141. The van der Waals surface area contributed by atoms with Gasteiger partial charge in [0.25, 0.3) is 0 Å². The fourth-order valence-electron chi connectivity index (χ4n) is 1.05. The number of halogens is 3. The van der Waals surface area contributed by atoms with Crippen molar-refractivity contribution >= 4 is 26.7 Å². The molecule has 0 aliphatic heterocycles. The lowest BCUT2D eigenvalue weighted by Gasteiger charge is -2.03. The van der Waals surface area contributed by atoms with Crippen molar-refractivity contribution in [2.24, 2.45) is 5.84 Å². The highest BCUT2D eigenvalue weighted by atomic mass is 32.1. The number of fused-ring (bicyclic) bond motifs is 1. The standard InChI is InChI=1S/C7H5F3N4S/c8-7(9,10)5-1-3-4(2-12-5)15-6(13-3)14-11/h1-2H,11H2,(H,13,14). The van der Waals surface area contributed by atoms with E-state index in [2.05, 4.69) is 15.4 Å². The summed E-state index contributed by atoms with van der Waals surface area (Å²) in [5.74, 6) is 5.09. The fourth-order valence-corrected chi connectivity index (χ4v) is 1.78. The second-order valence-electron chi connectivity index (χ2n) is 2.70. The highest BCUT2D eigenvalue weighted by Crippen LogP contribution is 2.31. The van der Waals surface area contributed by atoms with Crippen molar-refractivity contribution in [2.75, 3.05) is 5.43 Å². The molecule has 0 saturated carbocycles. The number of hydrogen-bond acceptors (Lipinski definition) is 5. The lowest BCUT2D eigenvalue weighted by Crippen LogP contribution is -2.07. The number of nitrogens with two attached hydrogens (primary N) is 1. The van der Waals surface area contributed by atoms with Gasteiger partial charge in [0.2, 0.25) is 0 Å². The van der Waals surface area contributed by atoms with Crippen molar-refractivity contribution in [3.8, 4) is 0 Å². The van der Waals surface area contributed by atoms with E-state index < -0.39 is 11.9 Å². The molecule has 0 saturated heterocycles. The number of nitrogens with zero attached hydrogens (tertiary/aromatic N) is 2. The van der Waals surface area contributed by atoms with E-state index in [1.54, 1.807) is 0 Å². The van der Waals surface area contributed by atoms with Crippen molar-refractivity contribution in [3.63, 3.8) is 0 Å². The first kappa shape index (κ1) is 10.1. The molecule has 2 aromatic heterocycles. The van der Waals surface area contributed by atoms with E-state index in [1.807, 2.05) is 0 Å². The molecule has 0 fully saturated rings. The SMILES string of the molecule is NNc1nc2cc(C(F)(F)F)ncc2s1. The molecular weight excluding hydrogens is 229 g/mol. The van der Waals surface area contributed by atoms with Crippen LogP contribution in [-0.4, -0.2) is 9.97 Å². The second-order valence-corrected chi connectivity index (χ2v) is 3.73. The Bertz CT molecular complexity index is 492. The number of anilines is 1. The Kier molecular flexibility index (Phi) is 2.24. The molecule has 2 aromatic rings. The maximum absolute atomic E-state index is 12.3. The minimum atomic E-state index is -4.45. The molecule has 0 radical (unpaired) electrons. The van der Waals surface area contributed by atoms with Gasteiger partial charge in [0.1, 0.15) is 5.69 Å². The molecule has 0 spiro atoms. The molecule has 2 rings (SSSR count). The summed E-state index contributed by atoms with van der Waals surface area (Å²) in [7, 11) is 0. The number of pyridine rings is 1. The largest absolute Gasteiger partial charge is 0.433 e. The summed E-state index contributed by atoms with van der Waals surface area (Å²) in [4.78, 5) is 7.15. The van der Waals surface area contributed by atoms with Gasteiger partial charge < -0.3 is 0 Å². The summed E-state index contributed by atoms with van der Waals surface area (Å²) in [5.41, 5.74) is 1.55. The van der Waals surface area contributed by atoms with E-state index in [9.17, 15) is 13.2 Å². The summed E-state index contributed by atoms with van der Waals surface area (Å²) in [6.45, 7) is 0. The van der Waals surface area contributed by atoms with Gasteiger partial charge in [-0.05, 0) is 6.07 Å². The van der Waals surface area contributed by atoms with Crippen LogP contribution in [-0.2, 0) is 6.18 Å². The number of nitrogen functional groups attached to an aromatic ring is 1. The van der Waals surface area contributed by atoms with Gasteiger partial charge in [-0.15, -0.1) is 0 Å². The van der Waals surface area contributed by atoms with E-state index in [-0.39, 0.29) is 5.52 Å². The average molecular weight is 234 g/mol. The number of hydrogen-bond donors (Lipinski definition) is 2. The van der Waals surface area contributed by atoms with E-state index in [1.165, 1.54) is 0 Å². The second kappa shape index (κ2) is 3.31. The maximum atomic E-state index is 12.3. The molecule has 0 bridgehead atoms. The Labute approximate surface area is 85.9 Å². The Morgan fingerprint density at radius 2 is 2.13 bits per heavy atom. The maximum Gasteiger partial charge on any atom is 0.433 e. The Balaban J connectivity index is 2.55. The summed E-state index contributed by atoms with van der Waals surface area (Å²) >= 11 is 1.14. The number of aromatic nitrogens is 2. The highest BCUT2D eigenvalue weighted by molar-refractivity contribution is 7.22. The van der Waals surface area contributed by atoms with Crippen LogP contribution in [0.2, 0.25) is 0 Å². The normalized spacial score (nSPS) is 12.0. The summed E-state index contributed by atoms with van der Waals surface area (Å²) in [6, 6.07) is 0.896. The summed E-state index contributed by atoms with van der Waals surface area (Å²) in [6.07, 6.45) is -3.31. The molecule has 0 aliphatic rings. The number of nitrogens with one attached hydrogen (secondary N) is 1. The van der Waals surface area contributed by atoms with Gasteiger partial charge in [0.05, 0.1) is 10.2 Å². The van der Waals surface area contributed by atoms with Gasteiger partial charge in [0, 0.05) is 6.20 Å². The predicted octanol–water partition coefficient (Wildman–Crippen LogP) is 2.00. The minimum Gasteiger partial charge on any atom is -0.300 e. The van der Waals surface area contributed by atoms with Crippen LogP contribution in [0.5, 0.6) is 0 Å². The smallest absolute Gasteiger partial charge is 0.300 e. The van der Waals surface area contributed by atoms with Gasteiger partial charge >= 0.3 is 6.18 Å². The minimum absolute atomic E-state index is 0.232. The highest BCUT2D eigenvalue weighted by Gasteiger charge is 2.32. The Hall–Kier alpha value is -1.41. The van der Waals surface area contributed by atoms with Crippen molar-refractivity contribution in [2.45, 2.75) is 6.18 Å². The monoisotopic (exact) mass is 234 g/mol. The Morgan fingerprint density at radius 1 is 1.40 bits per heavy atom. The van der Waals surface area contributed by atoms with Crippen LogP contribution in [0.4, 0.5) is 18.3 Å². The molecule has 4 nitrogen and oxygen atoms in total. The number of rotatable bonds is 1. The molecular formula is C7H5F3N4S.